The van der Waals surface area contributed by atoms with E-state index in [4.69, 9.17) is 9.97 Å². The van der Waals surface area contributed by atoms with Crippen LogP contribution in [0.1, 0.15) is 80.1 Å². The van der Waals surface area contributed by atoms with Crippen LogP contribution in [-0.4, -0.2) is 43.6 Å². The number of aromatic nitrogens is 4. The van der Waals surface area contributed by atoms with Gasteiger partial charge in [0, 0.05) is 49.6 Å². The Morgan fingerprint density at radius 3 is 2.68 bits per heavy atom. The van der Waals surface area contributed by atoms with Crippen LogP contribution in [-0.2, 0) is 24.8 Å². The lowest BCUT2D eigenvalue weighted by Gasteiger charge is -2.34. The average molecular weight is 423 g/mol. The highest BCUT2D eigenvalue weighted by Crippen LogP contribution is 2.36. The van der Waals surface area contributed by atoms with E-state index >= 15 is 0 Å². The van der Waals surface area contributed by atoms with Gasteiger partial charge in [0.15, 0.2) is 0 Å². The van der Waals surface area contributed by atoms with Gasteiger partial charge in [-0.3, -0.25) is 19.3 Å². The Kier molecular flexibility index (Phi) is 5.78. The summed E-state index contributed by atoms with van der Waals surface area (Å²) in [7, 11) is 1.96. The summed E-state index contributed by atoms with van der Waals surface area (Å²) in [5, 5.41) is 4.32. The number of hydrogen-bond acceptors (Lipinski definition) is 5. The van der Waals surface area contributed by atoms with E-state index in [-0.39, 0.29) is 11.9 Å². The zero-order valence-corrected chi connectivity index (χ0v) is 18.9. The minimum absolute atomic E-state index is 0.206. The molecule has 0 aromatic carbocycles. The molecule has 1 unspecified atom stereocenters. The van der Waals surface area contributed by atoms with Gasteiger partial charge in [-0.25, -0.2) is 9.97 Å². The molecule has 0 bridgehead atoms. The first kappa shape index (κ1) is 20.6. The average Bonchev–Trinajstić information content (AvgIpc) is 3.40. The van der Waals surface area contributed by atoms with Gasteiger partial charge in [-0.15, -0.1) is 0 Å². The summed E-state index contributed by atoms with van der Waals surface area (Å²) in [5.41, 5.74) is 3.45. The van der Waals surface area contributed by atoms with E-state index in [0.717, 1.165) is 56.2 Å². The van der Waals surface area contributed by atoms with E-state index in [1.165, 1.54) is 43.2 Å². The van der Waals surface area contributed by atoms with Crippen molar-refractivity contribution in [3.8, 4) is 0 Å². The summed E-state index contributed by atoms with van der Waals surface area (Å²) >= 11 is 0. The predicted octanol–water partition coefficient (Wildman–Crippen LogP) is 3.72. The third-order valence-electron chi connectivity index (χ3n) is 7.33. The first-order valence-corrected chi connectivity index (χ1v) is 12.0. The fourth-order valence-electron chi connectivity index (χ4n) is 5.66. The van der Waals surface area contributed by atoms with Crippen LogP contribution in [0, 0.1) is 12.8 Å². The van der Waals surface area contributed by atoms with E-state index in [0.29, 0.717) is 12.3 Å². The Balaban J connectivity index is 1.42. The summed E-state index contributed by atoms with van der Waals surface area (Å²) in [6, 6.07) is 0.206. The molecule has 166 valence electrons. The second-order valence-electron chi connectivity index (χ2n) is 9.63. The maximum absolute atomic E-state index is 12.9. The molecule has 2 aliphatic heterocycles. The molecule has 1 amide bonds. The standard InChI is InChI=1S/C24H34N6O/c1-17-20-10-11-22(31)30(16-18-7-4-3-5-8-18)24(20)27-23(26-17)21-9-6-12-29(21)15-19-13-25-28(2)14-19/h13-14,18,21H,3-12,15-16H2,1-2H3. The largest absolute Gasteiger partial charge is 0.296 e. The summed E-state index contributed by atoms with van der Waals surface area (Å²) < 4.78 is 1.86. The number of anilines is 1. The fourth-order valence-corrected chi connectivity index (χ4v) is 5.66. The van der Waals surface area contributed by atoms with Crippen LogP contribution in [0.2, 0.25) is 0 Å². The molecule has 1 atom stereocenters. The molecule has 0 radical (unpaired) electrons. The molecule has 7 heteroatoms. The van der Waals surface area contributed by atoms with Gasteiger partial charge in [0.25, 0.3) is 0 Å². The number of hydrogen-bond donors (Lipinski definition) is 0. The molecule has 31 heavy (non-hydrogen) atoms. The molecule has 2 aromatic heterocycles. The van der Waals surface area contributed by atoms with Gasteiger partial charge < -0.3 is 0 Å². The smallest absolute Gasteiger partial charge is 0.228 e. The predicted molar refractivity (Wildman–Crippen MR) is 120 cm³/mol. The molecule has 4 heterocycles. The maximum atomic E-state index is 12.9. The molecule has 1 saturated carbocycles. The van der Waals surface area contributed by atoms with Crippen molar-refractivity contribution in [2.75, 3.05) is 18.0 Å². The van der Waals surface area contributed by atoms with Crippen molar-refractivity contribution in [3.63, 3.8) is 0 Å². The molecular weight excluding hydrogens is 388 g/mol. The summed E-state index contributed by atoms with van der Waals surface area (Å²) in [5.74, 6) is 2.63. The molecule has 2 aromatic rings. The summed E-state index contributed by atoms with van der Waals surface area (Å²) in [6.45, 7) is 4.83. The third kappa shape index (κ3) is 4.25. The minimum Gasteiger partial charge on any atom is -0.296 e. The number of fused-ring (bicyclic) bond motifs is 1. The van der Waals surface area contributed by atoms with Gasteiger partial charge in [0.1, 0.15) is 11.6 Å². The van der Waals surface area contributed by atoms with Gasteiger partial charge in [0.05, 0.1) is 12.2 Å². The number of likely N-dealkylation sites (tertiary alicyclic amines) is 1. The second kappa shape index (κ2) is 8.69. The highest BCUT2D eigenvalue weighted by atomic mass is 16.2. The van der Waals surface area contributed by atoms with Gasteiger partial charge in [-0.1, -0.05) is 19.3 Å². The Morgan fingerprint density at radius 2 is 1.90 bits per heavy atom. The van der Waals surface area contributed by atoms with Gasteiger partial charge >= 0.3 is 0 Å². The van der Waals surface area contributed by atoms with Gasteiger partial charge in [-0.05, 0) is 51.5 Å². The van der Waals surface area contributed by atoms with Gasteiger partial charge in [-0.2, -0.15) is 5.10 Å². The van der Waals surface area contributed by atoms with Crippen LogP contribution in [0.5, 0.6) is 0 Å². The Bertz CT molecular complexity index is 948. The minimum atomic E-state index is 0.206. The van der Waals surface area contributed by atoms with Gasteiger partial charge in [0.2, 0.25) is 5.91 Å². The van der Waals surface area contributed by atoms with Crippen LogP contribution < -0.4 is 4.90 Å². The quantitative estimate of drug-likeness (QED) is 0.735. The van der Waals surface area contributed by atoms with Crippen molar-refractivity contribution in [2.24, 2.45) is 13.0 Å². The van der Waals surface area contributed by atoms with Crippen molar-refractivity contribution >= 4 is 11.7 Å². The summed E-state index contributed by atoms with van der Waals surface area (Å²) in [4.78, 5) is 27.4. The van der Waals surface area contributed by atoms with E-state index in [1.54, 1.807) is 0 Å². The Hall–Kier alpha value is -2.28. The number of aryl methyl sites for hydroxylation is 2. The monoisotopic (exact) mass is 422 g/mol. The van der Waals surface area contributed by atoms with Crippen molar-refractivity contribution in [2.45, 2.75) is 77.3 Å². The maximum Gasteiger partial charge on any atom is 0.228 e. The number of carbonyl (C=O) groups is 1. The lowest BCUT2D eigenvalue weighted by Crippen LogP contribution is -2.40. The van der Waals surface area contributed by atoms with Crippen LogP contribution in [0.4, 0.5) is 5.82 Å². The molecule has 0 spiro atoms. The zero-order valence-electron chi connectivity index (χ0n) is 18.9. The SMILES string of the molecule is Cc1nc(C2CCCN2Cc2cnn(C)c2)nc2c1CCC(=O)N2CC1CCCCC1. The van der Waals surface area contributed by atoms with E-state index in [1.807, 2.05) is 22.8 Å². The molecule has 2 fully saturated rings. The zero-order chi connectivity index (χ0) is 21.4. The van der Waals surface area contributed by atoms with E-state index in [2.05, 4.69) is 23.1 Å². The highest BCUT2D eigenvalue weighted by molar-refractivity contribution is 5.95. The number of nitrogens with zero attached hydrogens (tertiary/aromatic N) is 6. The molecule has 1 aliphatic carbocycles. The first-order chi connectivity index (χ1) is 15.1. The van der Waals surface area contributed by atoms with Crippen LogP contribution >= 0.6 is 0 Å². The normalized spacial score (nSPS) is 22.8. The number of carbonyl (C=O) groups excluding carboxylic acids is 1. The second-order valence-corrected chi connectivity index (χ2v) is 9.63. The van der Waals surface area contributed by atoms with E-state index in [9.17, 15) is 4.79 Å². The summed E-state index contributed by atoms with van der Waals surface area (Å²) in [6.07, 6.45) is 14.0. The Morgan fingerprint density at radius 1 is 1.06 bits per heavy atom. The topological polar surface area (TPSA) is 67.2 Å². The lowest BCUT2D eigenvalue weighted by molar-refractivity contribution is -0.119. The fraction of sp³-hybridized carbons (Fsp3) is 0.667. The van der Waals surface area contributed by atoms with Crippen molar-refractivity contribution in [3.05, 3.63) is 35.0 Å². The van der Waals surface area contributed by atoms with Crippen LogP contribution in [0.25, 0.3) is 0 Å². The van der Waals surface area contributed by atoms with Crippen LogP contribution in [0.15, 0.2) is 12.4 Å². The molecular formula is C24H34N6O. The molecule has 5 rings (SSSR count). The van der Waals surface area contributed by atoms with Crippen molar-refractivity contribution < 1.29 is 4.79 Å². The van der Waals surface area contributed by atoms with Crippen LogP contribution in [0.3, 0.4) is 0 Å². The molecule has 7 nitrogen and oxygen atoms in total. The third-order valence-corrected chi connectivity index (χ3v) is 7.33. The highest BCUT2D eigenvalue weighted by Gasteiger charge is 2.34. The molecule has 1 saturated heterocycles. The van der Waals surface area contributed by atoms with E-state index < -0.39 is 0 Å². The first-order valence-electron chi connectivity index (χ1n) is 12.0. The lowest BCUT2D eigenvalue weighted by atomic mass is 9.88. The number of rotatable bonds is 5. The molecule has 3 aliphatic rings. The molecule has 0 N–H and O–H groups in total. The Labute approximate surface area is 184 Å². The number of amides is 1. The van der Waals surface area contributed by atoms with Crippen molar-refractivity contribution in [1.29, 1.82) is 0 Å². The van der Waals surface area contributed by atoms with Crippen molar-refractivity contribution in [1.82, 2.24) is 24.6 Å².